The third-order valence-electron chi connectivity index (χ3n) is 3.30. The second-order valence-corrected chi connectivity index (χ2v) is 6.40. The van der Waals surface area contributed by atoms with Crippen LogP contribution in [0.1, 0.15) is 32.8 Å². The van der Waals surface area contributed by atoms with Gasteiger partial charge in [-0.25, -0.2) is 0 Å². The van der Waals surface area contributed by atoms with Crippen molar-refractivity contribution < 1.29 is 9.59 Å². The van der Waals surface area contributed by atoms with E-state index in [1.165, 1.54) is 0 Å². The SMILES string of the molecule is CC(C)(C)NC(=O)[C@H]1CC(=O)N(Cc2ccccc2)C1. The van der Waals surface area contributed by atoms with Crippen molar-refractivity contribution in [3.8, 4) is 0 Å². The molecule has 4 heteroatoms. The fourth-order valence-corrected chi connectivity index (χ4v) is 2.38. The molecule has 1 fully saturated rings. The van der Waals surface area contributed by atoms with Gasteiger partial charge in [-0.2, -0.15) is 0 Å². The van der Waals surface area contributed by atoms with Crippen molar-refractivity contribution >= 4 is 11.8 Å². The van der Waals surface area contributed by atoms with E-state index in [-0.39, 0.29) is 23.3 Å². The van der Waals surface area contributed by atoms with Crippen molar-refractivity contribution in [2.75, 3.05) is 6.54 Å². The lowest BCUT2D eigenvalue weighted by atomic mass is 10.0. The Labute approximate surface area is 120 Å². The summed E-state index contributed by atoms with van der Waals surface area (Å²) in [6.45, 7) is 6.94. The van der Waals surface area contributed by atoms with Crippen LogP contribution in [0.4, 0.5) is 0 Å². The quantitative estimate of drug-likeness (QED) is 0.916. The number of carbonyl (C=O) groups excluding carboxylic acids is 2. The Bertz CT molecular complexity index is 491. The minimum absolute atomic E-state index is 0.0265. The number of likely N-dealkylation sites (tertiary alicyclic amines) is 1. The molecule has 108 valence electrons. The normalized spacial score (nSPS) is 19.2. The molecule has 2 rings (SSSR count). The molecule has 1 atom stereocenters. The van der Waals surface area contributed by atoms with Gasteiger partial charge in [0, 0.05) is 25.0 Å². The lowest BCUT2D eigenvalue weighted by molar-refractivity contribution is -0.129. The van der Waals surface area contributed by atoms with Gasteiger partial charge in [0.15, 0.2) is 0 Å². The third-order valence-corrected chi connectivity index (χ3v) is 3.30. The zero-order valence-electron chi connectivity index (χ0n) is 12.3. The average molecular weight is 274 g/mol. The largest absolute Gasteiger partial charge is 0.351 e. The number of rotatable bonds is 3. The van der Waals surface area contributed by atoms with Gasteiger partial charge >= 0.3 is 0 Å². The van der Waals surface area contributed by atoms with Gasteiger partial charge in [-0.15, -0.1) is 0 Å². The van der Waals surface area contributed by atoms with Crippen LogP contribution in [-0.2, 0) is 16.1 Å². The molecule has 4 nitrogen and oxygen atoms in total. The molecule has 0 spiro atoms. The van der Waals surface area contributed by atoms with Crippen LogP contribution in [0.15, 0.2) is 30.3 Å². The zero-order valence-corrected chi connectivity index (χ0v) is 12.3. The van der Waals surface area contributed by atoms with Crippen LogP contribution in [0.5, 0.6) is 0 Å². The summed E-state index contributed by atoms with van der Waals surface area (Å²) in [5.74, 6) is -0.199. The Hall–Kier alpha value is -1.84. The van der Waals surface area contributed by atoms with E-state index < -0.39 is 0 Å². The molecule has 1 saturated heterocycles. The summed E-state index contributed by atoms with van der Waals surface area (Å²) in [5.41, 5.74) is 0.838. The number of nitrogens with zero attached hydrogens (tertiary/aromatic N) is 1. The van der Waals surface area contributed by atoms with Crippen LogP contribution in [-0.4, -0.2) is 28.8 Å². The second kappa shape index (κ2) is 5.65. The molecule has 1 aliphatic heterocycles. The molecular formula is C16H22N2O2. The number of hydrogen-bond donors (Lipinski definition) is 1. The fraction of sp³-hybridized carbons (Fsp3) is 0.500. The van der Waals surface area contributed by atoms with E-state index >= 15 is 0 Å². The van der Waals surface area contributed by atoms with Crippen LogP contribution in [0.3, 0.4) is 0 Å². The smallest absolute Gasteiger partial charge is 0.225 e. The highest BCUT2D eigenvalue weighted by atomic mass is 16.2. The first kappa shape index (κ1) is 14.6. The van der Waals surface area contributed by atoms with E-state index in [2.05, 4.69) is 5.32 Å². The van der Waals surface area contributed by atoms with Crippen LogP contribution in [0.2, 0.25) is 0 Å². The first-order chi connectivity index (χ1) is 9.35. The number of hydrogen-bond acceptors (Lipinski definition) is 2. The van der Waals surface area contributed by atoms with Crippen molar-refractivity contribution in [2.45, 2.75) is 39.3 Å². The summed E-state index contributed by atoms with van der Waals surface area (Å²) in [7, 11) is 0. The van der Waals surface area contributed by atoms with E-state index in [0.717, 1.165) is 5.56 Å². The number of carbonyl (C=O) groups is 2. The van der Waals surface area contributed by atoms with Crippen molar-refractivity contribution in [3.63, 3.8) is 0 Å². The Morgan fingerprint density at radius 3 is 2.55 bits per heavy atom. The summed E-state index contributed by atoms with van der Waals surface area (Å²) in [4.78, 5) is 25.9. The maximum atomic E-state index is 12.1. The molecular weight excluding hydrogens is 252 g/mol. The zero-order chi connectivity index (χ0) is 14.8. The molecule has 0 saturated carbocycles. The van der Waals surface area contributed by atoms with Gasteiger partial charge in [0.25, 0.3) is 0 Å². The van der Waals surface area contributed by atoms with E-state index in [1.54, 1.807) is 4.90 Å². The van der Waals surface area contributed by atoms with Gasteiger partial charge in [0.1, 0.15) is 0 Å². The van der Waals surface area contributed by atoms with E-state index in [9.17, 15) is 9.59 Å². The highest BCUT2D eigenvalue weighted by Gasteiger charge is 2.35. The van der Waals surface area contributed by atoms with Gasteiger partial charge in [-0.3, -0.25) is 9.59 Å². The predicted octanol–water partition coefficient (Wildman–Crippen LogP) is 1.95. The number of benzene rings is 1. The lowest BCUT2D eigenvalue weighted by Crippen LogP contribution is -2.44. The Kier molecular flexibility index (Phi) is 4.12. The van der Waals surface area contributed by atoms with Crippen LogP contribution >= 0.6 is 0 Å². The van der Waals surface area contributed by atoms with Crippen molar-refractivity contribution in [1.82, 2.24) is 10.2 Å². The van der Waals surface area contributed by atoms with Crippen LogP contribution < -0.4 is 5.32 Å². The molecule has 20 heavy (non-hydrogen) atoms. The maximum Gasteiger partial charge on any atom is 0.225 e. The fourth-order valence-electron chi connectivity index (χ4n) is 2.38. The van der Waals surface area contributed by atoms with Crippen molar-refractivity contribution in [1.29, 1.82) is 0 Å². The van der Waals surface area contributed by atoms with Crippen LogP contribution in [0, 0.1) is 5.92 Å². The molecule has 0 bridgehead atoms. The topological polar surface area (TPSA) is 49.4 Å². The molecule has 0 aromatic heterocycles. The molecule has 1 heterocycles. The summed E-state index contributed by atoms with van der Waals surface area (Å²) in [5, 5.41) is 2.95. The molecule has 1 aliphatic rings. The molecule has 0 radical (unpaired) electrons. The van der Waals surface area contributed by atoms with Crippen LogP contribution in [0.25, 0.3) is 0 Å². The minimum Gasteiger partial charge on any atom is -0.351 e. The Balaban J connectivity index is 1.95. The molecule has 1 aromatic carbocycles. The van der Waals surface area contributed by atoms with Gasteiger partial charge in [-0.1, -0.05) is 30.3 Å². The predicted molar refractivity (Wildman–Crippen MR) is 77.9 cm³/mol. The highest BCUT2D eigenvalue weighted by molar-refractivity contribution is 5.89. The summed E-state index contributed by atoms with van der Waals surface area (Å²) < 4.78 is 0. The average Bonchev–Trinajstić information content (AvgIpc) is 2.70. The monoisotopic (exact) mass is 274 g/mol. The van der Waals surface area contributed by atoms with E-state index in [4.69, 9.17) is 0 Å². The van der Waals surface area contributed by atoms with Crippen molar-refractivity contribution in [2.24, 2.45) is 5.92 Å². The Morgan fingerprint density at radius 1 is 1.30 bits per heavy atom. The molecule has 1 N–H and O–H groups in total. The second-order valence-electron chi connectivity index (χ2n) is 6.40. The molecule has 2 amide bonds. The van der Waals surface area contributed by atoms with Gasteiger partial charge in [0.05, 0.1) is 5.92 Å². The van der Waals surface area contributed by atoms with E-state index in [0.29, 0.717) is 19.5 Å². The molecule has 0 unspecified atom stereocenters. The minimum atomic E-state index is -0.257. The first-order valence-electron chi connectivity index (χ1n) is 6.99. The summed E-state index contributed by atoms with van der Waals surface area (Å²) in [6, 6.07) is 9.86. The van der Waals surface area contributed by atoms with E-state index in [1.807, 2.05) is 51.1 Å². The molecule has 1 aromatic rings. The Morgan fingerprint density at radius 2 is 1.95 bits per heavy atom. The maximum absolute atomic E-state index is 12.1. The lowest BCUT2D eigenvalue weighted by Gasteiger charge is -2.23. The summed E-state index contributed by atoms with van der Waals surface area (Å²) in [6.07, 6.45) is 0.314. The van der Waals surface area contributed by atoms with Gasteiger partial charge in [-0.05, 0) is 26.3 Å². The number of amides is 2. The third kappa shape index (κ3) is 3.83. The number of nitrogens with one attached hydrogen (secondary N) is 1. The van der Waals surface area contributed by atoms with Gasteiger partial charge in [0.2, 0.25) is 11.8 Å². The standard InChI is InChI=1S/C16H22N2O2/c1-16(2,3)17-15(20)13-9-14(19)18(11-13)10-12-7-5-4-6-8-12/h4-8,13H,9-11H2,1-3H3,(H,17,20)/t13-/m0/s1. The van der Waals surface area contributed by atoms with Gasteiger partial charge < -0.3 is 10.2 Å². The highest BCUT2D eigenvalue weighted by Crippen LogP contribution is 2.21. The molecule has 0 aliphatic carbocycles. The summed E-state index contributed by atoms with van der Waals surface area (Å²) >= 11 is 0. The van der Waals surface area contributed by atoms with Crippen molar-refractivity contribution in [3.05, 3.63) is 35.9 Å². The first-order valence-corrected chi connectivity index (χ1v) is 6.99.